The number of hydrogen-bond acceptors (Lipinski definition) is 6. The first-order valence-corrected chi connectivity index (χ1v) is 11.5. The Balaban J connectivity index is 1.37. The number of piperidine rings is 1. The SMILES string of the molecule is Cc1nnc(N2CCC(C(=O)N3CCN(C)CC3)CC2)c2nn(-c3ccccc3)c(C)c12. The first kappa shape index (κ1) is 20.9. The average Bonchev–Trinajstić information content (AvgIpc) is 3.18. The molecule has 2 fully saturated rings. The standard InChI is InChI=1S/C24H31N7O/c1-17-21-18(2)31(20-7-5-4-6-8-20)27-22(21)23(26-25-17)29-11-9-19(10-12-29)24(32)30-15-13-28(3)14-16-30/h4-8,19H,9-16H2,1-3H3. The minimum Gasteiger partial charge on any atom is -0.353 e. The van der Waals surface area contributed by atoms with Crippen LogP contribution < -0.4 is 4.90 Å². The Hall–Kier alpha value is -3.00. The van der Waals surface area contributed by atoms with Crippen LogP contribution in [0.15, 0.2) is 30.3 Å². The maximum absolute atomic E-state index is 13.0. The number of nitrogens with zero attached hydrogens (tertiary/aromatic N) is 7. The van der Waals surface area contributed by atoms with Crippen molar-refractivity contribution in [1.82, 2.24) is 29.8 Å². The van der Waals surface area contributed by atoms with E-state index in [0.29, 0.717) is 5.91 Å². The molecule has 0 atom stereocenters. The Labute approximate surface area is 188 Å². The minimum atomic E-state index is 0.104. The Morgan fingerprint density at radius 2 is 1.62 bits per heavy atom. The quantitative estimate of drug-likeness (QED) is 0.632. The number of carbonyl (C=O) groups is 1. The van der Waals surface area contributed by atoms with Gasteiger partial charge in [0.1, 0.15) is 5.52 Å². The van der Waals surface area contributed by atoms with Crippen LogP contribution in [0.25, 0.3) is 16.6 Å². The van der Waals surface area contributed by atoms with Crippen LogP contribution in [-0.2, 0) is 4.79 Å². The number of aryl methyl sites for hydroxylation is 2. The van der Waals surface area contributed by atoms with E-state index in [2.05, 4.69) is 51.0 Å². The van der Waals surface area contributed by atoms with Gasteiger partial charge in [-0.25, -0.2) is 4.68 Å². The normalized spacial score (nSPS) is 18.5. The van der Waals surface area contributed by atoms with Crippen molar-refractivity contribution < 1.29 is 4.79 Å². The van der Waals surface area contributed by atoms with Crippen molar-refractivity contribution in [3.8, 4) is 5.69 Å². The number of likely N-dealkylation sites (N-methyl/N-ethyl adjacent to an activating group) is 1. The van der Waals surface area contributed by atoms with Gasteiger partial charge in [-0.2, -0.15) is 10.2 Å². The Kier molecular flexibility index (Phi) is 5.55. The Morgan fingerprint density at radius 3 is 2.31 bits per heavy atom. The molecule has 2 saturated heterocycles. The summed E-state index contributed by atoms with van der Waals surface area (Å²) in [5, 5.41) is 15.0. The fourth-order valence-electron chi connectivity index (χ4n) is 4.97. The third-order valence-corrected chi connectivity index (χ3v) is 6.94. The van der Waals surface area contributed by atoms with Gasteiger partial charge in [0.25, 0.3) is 0 Å². The smallest absolute Gasteiger partial charge is 0.225 e. The van der Waals surface area contributed by atoms with Crippen LogP contribution in [0.1, 0.15) is 24.2 Å². The zero-order valence-corrected chi connectivity index (χ0v) is 19.2. The second-order valence-electron chi connectivity index (χ2n) is 9.06. The molecule has 1 aromatic carbocycles. The summed E-state index contributed by atoms with van der Waals surface area (Å²) >= 11 is 0. The molecule has 8 nitrogen and oxygen atoms in total. The molecule has 0 aliphatic carbocycles. The summed E-state index contributed by atoms with van der Waals surface area (Å²) in [6.45, 7) is 9.29. The van der Waals surface area contributed by atoms with Gasteiger partial charge in [0.05, 0.1) is 22.5 Å². The van der Waals surface area contributed by atoms with Crippen molar-refractivity contribution in [3.63, 3.8) is 0 Å². The predicted octanol–water partition coefficient (Wildman–Crippen LogP) is 2.42. The topological polar surface area (TPSA) is 70.4 Å². The van der Waals surface area contributed by atoms with Gasteiger partial charge >= 0.3 is 0 Å². The average molecular weight is 434 g/mol. The molecule has 5 rings (SSSR count). The van der Waals surface area contributed by atoms with E-state index in [-0.39, 0.29) is 5.92 Å². The third kappa shape index (κ3) is 3.72. The molecule has 0 saturated carbocycles. The van der Waals surface area contributed by atoms with E-state index in [0.717, 1.165) is 85.9 Å². The number of carbonyl (C=O) groups excluding carboxylic acids is 1. The van der Waals surface area contributed by atoms with Crippen molar-refractivity contribution in [2.24, 2.45) is 5.92 Å². The molecule has 0 spiro atoms. The lowest BCUT2D eigenvalue weighted by Crippen LogP contribution is -2.50. The summed E-state index contributed by atoms with van der Waals surface area (Å²) in [7, 11) is 2.12. The zero-order valence-electron chi connectivity index (χ0n) is 19.2. The van der Waals surface area contributed by atoms with E-state index in [9.17, 15) is 4.79 Å². The maximum Gasteiger partial charge on any atom is 0.225 e. The van der Waals surface area contributed by atoms with Gasteiger partial charge in [-0.15, -0.1) is 5.10 Å². The van der Waals surface area contributed by atoms with E-state index in [1.54, 1.807) is 0 Å². The first-order valence-electron chi connectivity index (χ1n) is 11.5. The molecule has 3 aromatic rings. The lowest BCUT2D eigenvalue weighted by molar-refractivity contribution is -0.137. The molecule has 0 unspecified atom stereocenters. The van der Waals surface area contributed by atoms with Crippen LogP contribution in [0.2, 0.25) is 0 Å². The molecule has 0 bridgehead atoms. The van der Waals surface area contributed by atoms with Gasteiger partial charge in [0.2, 0.25) is 5.91 Å². The van der Waals surface area contributed by atoms with E-state index < -0.39 is 0 Å². The number of hydrogen-bond donors (Lipinski definition) is 0. The number of amides is 1. The molecular formula is C24H31N7O. The van der Waals surface area contributed by atoms with Crippen LogP contribution in [0.4, 0.5) is 5.82 Å². The van der Waals surface area contributed by atoms with Crippen LogP contribution in [0.3, 0.4) is 0 Å². The third-order valence-electron chi connectivity index (χ3n) is 6.94. The number of aromatic nitrogens is 4. The summed E-state index contributed by atoms with van der Waals surface area (Å²) in [6.07, 6.45) is 1.70. The summed E-state index contributed by atoms with van der Waals surface area (Å²) in [5.41, 5.74) is 3.88. The van der Waals surface area contributed by atoms with Crippen LogP contribution >= 0.6 is 0 Å². The highest BCUT2D eigenvalue weighted by Gasteiger charge is 2.31. The maximum atomic E-state index is 13.0. The molecule has 2 aromatic heterocycles. The van der Waals surface area contributed by atoms with Gasteiger partial charge in [0, 0.05) is 45.2 Å². The predicted molar refractivity (Wildman–Crippen MR) is 125 cm³/mol. The van der Waals surface area contributed by atoms with Crippen molar-refractivity contribution in [3.05, 3.63) is 41.7 Å². The second-order valence-corrected chi connectivity index (χ2v) is 9.06. The van der Waals surface area contributed by atoms with E-state index in [4.69, 9.17) is 5.10 Å². The number of anilines is 1. The van der Waals surface area contributed by atoms with Crippen molar-refractivity contribution in [2.75, 3.05) is 51.2 Å². The first-order chi connectivity index (χ1) is 15.5. The van der Waals surface area contributed by atoms with Crippen LogP contribution in [0, 0.1) is 19.8 Å². The molecule has 0 radical (unpaired) electrons. The van der Waals surface area contributed by atoms with Crippen molar-refractivity contribution in [2.45, 2.75) is 26.7 Å². The van der Waals surface area contributed by atoms with Gasteiger partial charge in [-0.1, -0.05) is 18.2 Å². The molecule has 32 heavy (non-hydrogen) atoms. The minimum absolute atomic E-state index is 0.104. The number of fused-ring (bicyclic) bond motifs is 1. The highest BCUT2D eigenvalue weighted by molar-refractivity contribution is 5.92. The summed E-state index contributed by atoms with van der Waals surface area (Å²) < 4.78 is 1.98. The molecule has 2 aliphatic heterocycles. The Bertz CT molecular complexity index is 1110. The van der Waals surface area contributed by atoms with Crippen molar-refractivity contribution >= 4 is 22.6 Å². The molecule has 0 N–H and O–H groups in total. The fourth-order valence-corrected chi connectivity index (χ4v) is 4.97. The van der Waals surface area contributed by atoms with Gasteiger partial charge < -0.3 is 14.7 Å². The van der Waals surface area contributed by atoms with E-state index in [1.165, 1.54) is 0 Å². The van der Waals surface area contributed by atoms with Crippen molar-refractivity contribution in [1.29, 1.82) is 0 Å². The molecule has 1 amide bonds. The Morgan fingerprint density at radius 1 is 0.938 bits per heavy atom. The van der Waals surface area contributed by atoms with Gasteiger partial charge in [-0.3, -0.25) is 4.79 Å². The summed E-state index contributed by atoms with van der Waals surface area (Å²) in [5.74, 6) is 1.25. The lowest BCUT2D eigenvalue weighted by atomic mass is 9.95. The summed E-state index contributed by atoms with van der Waals surface area (Å²) in [6, 6.07) is 10.2. The molecular weight excluding hydrogens is 402 g/mol. The number of rotatable bonds is 3. The lowest BCUT2D eigenvalue weighted by Gasteiger charge is -2.37. The van der Waals surface area contributed by atoms with Crippen LogP contribution in [-0.4, -0.2) is 82.0 Å². The second kappa shape index (κ2) is 8.50. The largest absolute Gasteiger partial charge is 0.353 e. The van der Waals surface area contributed by atoms with Gasteiger partial charge in [0.15, 0.2) is 5.82 Å². The number of piperazine rings is 1. The van der Waals surface area contributed by atoms with Crippen LogP contribution in [0.5, 0.6) is 0 Å². The molecule has 2 aliphatic rings. The van der Waals surface area contributed by atoms with Gasteiger partial charge in [-0.05, 0) is 45.9 Å². The highest BCUT2D eigenvalue weighted by Crippen LogP contribution is 2.32. The highest BCUT2D eigenvalue weighted by atomic mass is 16.2. The molecule has 168 valence electrons. The van der Waals surface area contributed by atoms with E-state index >= 15 is 0 Å². The number of para-hydroxylation sites is 1. The molecule has 8 heteroatoms. The monoisotopic (exact) mass is 433 g/mol. The van der Waals surface area contributed by atoms with E-state index in [1.807, 2.05) is 29.8 Å². The molecule has 4 heterocycles. The summed E-state index contributed by atoms with van der Waals surface area (Å²) in [4.78, 5) is 19.6. The fraction of sp³-hybridized carbons (Fsp3) is 0.500. The zero-order chi connectivity index (χ0) is 22.2. The number of benzene rings is 1.